The highest BCUT2D eigenvalue weighted by atomic mass is 16.3. The third-order valence-corrected chi connectivity index (χ3v) is 3.93. The van der Waals surface area contributed by atoms with E-state index in [2.05, 4.69) is 20.7 Å². The standard InChI is InChI=1S/C16H23N5O3/c1-10(2)14(20-15(22)13-6-5-7-24-13)16(23)19-11(3)12(4)21-9-17-8-18-21/h5-12,14H,1-4H3,(H,19,23)(H,20,22)/t11-,12-,14-/m0/s1. The fraction of sp³-hybridized carbons (Fsp3) is 0.500. The molecule has 2 rings (SSSR count). The van der Waals surface area contributed by atoms with Crippen molar-refractivity contribution in [2.24, 2.45) is 5.92 Å². The van der Waals surface area contributed by atoms with Gasteiger partial charge in [-0.3, -0.25) is 9.59 Å². The van der Waals surface area contributed by atoms with Gasteiger partial charge in [0.25, 0.3) is 5.91 Å². The summed E-state index contributed by atoms with van der Waals surface area (Å²) in [5.74, 6) is -0.550. The number of aromatic nitrogens is 3. The summed E-state index contributed by atoms with van der Waals surface area (Å²) >= 11 is 0. The molecule has 0 saturated carbocycles. The third-order valence-electron chi connectivity index (χ3n) is 3.93. The molecule has 0 spiro atoms. The molecule has 0 unspecified atom stereocenters. The van der Waals surface area contributed by atoms with Gasteiger partial charge in [-0.1, -0.05) is 13.8 Å². The lowest BCUT2D eigenvalue weighted by atomic mass is 10.0. The molecular weight excluding hydrogens is 310 g/mol. The average molecular weight is 333 g/mol. The maximum absolute atomic E-state index is 12.6. The molecule has 0 saturated heterocycles. The van der Waals surface area contributed by atoms with Gasteiger partial charge in [-0.15, -0.1) is 0 Å². The van der Waals surface area contributed by atoms with Gasteiger partial charge in [0.2, 0.25) is 5.91 Å². The zero-order chi connectivity index (χ0) is 17.7. The third kappa shape index (κ3) is 4.21. The number of hydrogen-bond acceptors (Lipinski definition) is 5. The van der Waals surface area contributed by atoms with E-state index in [1.165, 1.54) is 12.6 Å². The summed E-state index contributed by atoms with van der Waals surface area (Å²) in [5.41, 5.74) is 0. The summed E-state index contributed by atoms with van der Waals surface area (Å²) in [7, 11) is 0. The Labute approximate surface area is 140 Å². The number of nitrogens with zero attached hydrogens (tertiary/aromatic N) is 3. The maximum atomic E-state index is 12.6. The SMILES string of the molecule is CC(C)[C@H](NC(=O)c1ccco1)C(=O)N[C@@H](C)[C@H](C)n1cncn1. The van der Waals surface area contributed by atoms with Crippen LogP contribution in [0.5, 0.6) is 0 Å². The summed E-state index contributed by atoms with van der Waals surface area (Å²) < 4.78 is 6.74. The van der Waals surface area contributed by atoms with E-state index in [1.807, 2.05) is 27.7 Å². The Balaban J connectivity index is 1.99. The predicted molar refractivity (Wildman–Crippen MR) is 87.1 cm³/mol. The highest BCUT2D eigenvalue weighted by Crippen LogP contribution is 2.11. The molecule has 2 amide bonds. The van der Waals surface area contributed by atoms with Crippen LogP contribution in [0.1, 0.15) is 44.3 Å². The topological polar surface area (TPSA) is 102 Å². The van der Waals surface area contributed by atoms with Gasteiger partial charge in [0, 0.05) is 6.04 Å². The quantitative estimate of drug-likeness (QED) is 0.797. The molecule has 2 N–H and O–H groups in total. The molecule has 130 valence electrons. The van der Waals surface area contributed by atoms with Crippen LogP contribution < -0.4 is 10.6 Å². The highest BCUT2D eigenvalue weighted by molar-refractivity contribution is 5.95. The van der Waals surface area contributed by atoms with Crippen molar-refractivity contribution in [2.75, 3.05) is 0 Å². The van der Waals surface area contributed by atoms with E-state index in [0.29, 0.717) is 0 Å². The van der Waals surface area contributed by atoms with E-state index in [0.717, 1.165) is 0 Å². The first kappa shape index (κ1) is 17.7. The largest absolute Gasteiger partial charge is 0.459 e. The molecule has 0 aliphatic heterocycles. The van der Waals surface area contributed by atoms with Gasteiger partial charge in [-0.25, -0.2) is 9.67 Å². The number of carbonyl (C=O) groups is 2. The van der Waals surface area contributed by atoms with Crippen molar-refractivity contribution in [1.82, 2.24) is 25.4 Å². The summed E-state index contributed by atoms with van der Waals surface area (Å²) in [6.45, 7) is 7.57. The first-order chi connectivity index (χ1) is 11.4. The van der Waals surface area contributed by atoms with E-state index in [-0.39, 0.29) is 29.7 Å². The summed E-state index contributed by atoms with van der Waals surface area (Å²) in [6, 6.07) is 2.28. The van der Waals surface area contributed by atoms with Gasteiger partial charge in [-0.05, 0) is 31.9 Å². The molecule has 8 nitrogen and oxygen atoms in total. The Morgan fingerprint density at radius 1 is 1.21 bits per heavy atom. The van der Waals surface area contributed by atoms with Crippen molar-refractivity contribution in [3.8, 4) is 0 Å². The molecule has 2 aromatic heterocycles. The lowest BCUT2D eigenvalue weighted by Crippen LogP contribution is -2.52. The Hall–Kier alpha value is -2.64. The van der Waals surface area contributed by atoms with E-state index in [1.54, 1.807) is 23.1 Å². The number of hydrogen-bond donors (Lipinski definition) is 2. The molecule has 0 fully saturated rings. The van der Waals surface area contributed by atoms with Gasteiger partial charge in [-0.2, -0.15) is 5.10 Å². The zero-order valence-corrected chi connectivity index (χ0v) is 14.3. The van der Waals surface area contributed by atoms with E-state index in [4.69, 9.17) is 4.42 Å². The van der Waals surface area contributed by atoms with Crippen molar-refractivity contribution in [1.29, 1.82) is 0 Å². The maximum Gasteiger partial charge on any atom is 0.287 e. The summed E-state index contributed by atoms with van der Waals surface area (Å²) in [6.07, 6.45) is 4.47. The van der Waals surface area contributed by atoms with Crippen LogP contribution in [-0.4, -0.2) is 38.7 Å². The van der Waals surface area contributed by atoms with E-state index >= 15 is 0 Å². The van der Waals surface area contributed by atoms with E-state index in [9.17, 15) is 9.59 Å². The van der Waals surface area contributed by atoms with Crippen LogP contribution in [0.15, 0.2) is 35.5 Å². The number of amides is 2. The molecule has 0 aliphatic rings. The number of rotatable bonds is 7. The van der Waals surface area contributed by atoms with Crippen LogP contribution in [0.2, 0.25) is 0 Å². The molecule has 0 aliphatic carbocycles. The summed E-state index contributed by atoms with van der Waals surface area (Å²) in [5, 5.41) is 9.72. The smallest absolute Gasteiger partial charge is 0.287 e. The predicted octanol–water partition coefficient (Wildman–Crippen LogP) is 1.39. The van der Waals surface area contributed by atoms with Crippen LogP contribution in [-0.2, 0) is 4.79 Å². The Kier molecular flexibility index (Phi) is 5.73. The van der Waals surface area contributed by atoms with Gasteiger partial charge in [0.05, 0.1) is 12.3 Å². The average Bonchev–Trinajstić information content (AvgIpc) is 3.23. The second-order valence-corrected chi connectivity index (χ2v) is 6.09. The Morgan fingerprint density at radius 2 is 1.96 bits per heavy atom. The van der Waals surface area contributed by atoms with Crippen molar-refractivity contribution in [3.63, 3.8) is 0 Å². The van der Waals surface area contributed by atoms with Gasteiger partial charge >= 0.3 is 0 Å². The lowest BCUT2D eigenvalue weighted by Gasteiger charge is -2.26. The number of carbonyl (C=O) groups excluding carboxylic acids is 2. The van der Waals surface area contributed by atoms with Crippen LogP contribution in [0.4, 0.5) is 0 Å². The van der Waals surface area contributed by atoms with Crippen LogP contribution >= 0.6 is 0 Å². The fourth-order valence-electron chi connectivity index (χ4n) is 2.25. The molecule has 0 aromatic carbocycles. The van der Waals surface area contributed by atoms with Crippen molar-refractivity contribution in [3.05, 3.63) is 36.8 Å². The molecule has 2 aromatic rings. The normalized spacial score (nSPS) is 14.9. The van der Waals surface area contributed by atoms with Crippen LogP contribution in [0.3, 0.4) is 0 Å². The van der Waals surface area contributed by atoms with Crippen LogP contribution in [0, 0.1) is 5.92 Å². The van der Waals surface area contributed by atoms with Gasteiger partial charge < -0.3 is 15.1 Å². The fourth-order valence-corrected chi connectivity index (χ4v) is 2.25. The molecule has 8 heteroatoms. The summed E-state index contributed by atoms with van der Waals surface area (Å²) in [4.78, 5) is 28.6. The minimum atomic E-state index is -0.659. The molecule has 0 radical (unpaired) electrons. The van der Waals surface area contributed by atoms with Crippen molar-refractivity contribution >= 4 is 11.8 Å². The monoisotopic (exact) mass is 333 g/mol. The molecular formula is C16H23N5O3. The molecule has 3 atom stereocenters. The number of furan rings is 1. The minimum absolute atomic E-state index is 0.0648. The van der Waals surface area contributed by atoms with Gasteiger partial charge in [0.1, 0.15) is 18.7 Å². The molecule has 2 heterocycles. The molecule has 24 heavy (non-hydrogen) atoms. The first-order valence-electron chi connectivity index (χ1n) is 7.89. The minimum Gasteiger partial charge on any atom is -0.459 e. The molecule has 0 bridgehead atoms. The highest BCUT2D eigenvalue weighted by Gasteiger charge is 2.28. The number of nitrogens with one attached hydrogen (secondary N) is 2. The second kappa shape index (κ2) is 7.76. The van der Waals surface area contributed by atoms with Crippen molar-refractivity contribution in [2.45, 2.75) is 45.8 Å². The second-order valence-electron chi connectivity index (χ2n) is 6.09. The Morgan fingerprint density at radius 3 is 2.50 bits per heavy atom. The van der Waals surface area contributed by atoms with Crippen LogP contribution in [0.25, 0.3) is 0 Å². The van der Waals surface area contributed by atoms with E-state index < -0.39 is 11.9 Å². The zero-order valence-electron chi connectivity index (χ0n) is 14.3. The first-order valence-corrected chi connectivity index (χ1v) is 7.89. The lowest BCUT2D eigenvalue weighted by molar-refractivity contribution is -0.124. The Bertz CT molecular complexity index is 651. The van der Waals surface area contributed by atoms with Crippen molar-refractivity contribution < 1.29 is 14.0 Å². The van der Waals surface area contributed by atoms with Gasteiger partial charge in [0.15, 0.2) is 5.76 Å².